The molecule has 110 valence electrons. The Kier molecular flexibility index (Phi) is 4.45. The third-order valence-electron chi connectivity index (χ3n) is 5.89. The summed E-state index contributed by atoms with van der Waals surface area (Å²) in [5.41, 5.74) is 8.67. The van der Waals surface area contributed by atoms with Gasteiger partial charge in [0.25, 0.3) is 0 Å². The van der Waals surface area contributed by atoms with Gasteiger partial charge in [-0.25, -0.2) is 0 Å². The Morgan fingerprint density at radius 3 is 2.05 bits per heavy atom. The van der Waals surface area contributed by atoms with E-state index in [1.54, 1.807) is 0 Å². The lowest BCUT2D eigenvalue weighted by atomic mass is 9.67. The van der Waals surface area contributed by atoms with Crippen molar-refractivity contribution in [1.29, 1.82) is 0 Å². The molecule has 3 rings (SSSR count). The average molecular weight is 271 g/mol. The predicted octanol–water partition coefficient (Wildman–Crippen LogP) is 4.80. The minimum atomic E-state index is 0.274. The van der Waals surface area contributed by atoms with E-state index in [0.717, 1.165) is 5.92 Å². The van der Waals surface area contributed by atoms with E-state index in [1.165, 1.54) is 69.8 Å². The summed E-state index contributed by atoms with van der Waals surface area (Å²) in [5, 5.41) is 0. The molecule has 0 amide bonds. The molecule has 0 aliphatic heterocycles. The van der Waals surface area contributed by atoms with Crippen molar-refractivity contribution in [3.8, 4) is 0 Å². The van der Waals surface area contributed by atoms with Gasteiger partial charge in [0.15, 0.2) is 0 Å². The van der Waals surface area contributed by atoms with E-state index in [9.17, 15) is 0 Å². The summed E-state index contributed by atoms with van der Waals surface area (Å²) in [7, 11) is 0. The molecule has 1 atom stereocenters. The summed E-state index contributed by atoms with van der Waals surface area (Å²) in [4.78, 5) is 0. The van der Waals surface area contributed by atoms with Gasteiger partial charge in [0.1, 0.15) is 0 Å². The highest BCUT2D eigenvalue weighted by Gasteiger charge is 2.43. The fourth-order valence-electron chi connectivity index (χ4n) is 4.71. The molecule has 2 N–H and O–H groups in total. The van der Waals surface area contributed by atoms with E-state index in [-0.39, 0.29) is 5.41 Å². The van der Waals surface area contributed by atoms with Crippen molar-refractivity contribution in [1.82, 2.24) is 0 Å². The summed E-state index contributed by atoms with van der Waals surface area (Å²) in [6.07, 6.45) is 13.6. The van der Waals surface area contributed by atoms with E-state index >= 15 is 0 Å². The Morgan fingerprint density at radius 2 is 1.45 bits per heavy atom. The van der Waals surface area contributed by atoms with Crippen LogP contribution in [0.4, 0.5) is 0 Å². The van der Waals surface area contributed by atoms with Gasteiger partial charge < -0.3 is 5.73 Å². The van der Waals surface area contributed by atoms with Gasteiger partial charge in [-0.05, 0) is 37.2 Å². The Hall–Kier alpha value is -0.820. The summed E-state index contributed by atoms with van der Waals surface area (Å²) in [6.45, 7) is 0. The van der Waals surface area contributed by atoms with Gasteiger partial charge in [-0.1, -0.05) is 68.9 Å². The van der Waals surface area contributed by atoms with Crippen molar-refractivity contribution in [2.24, 2.45) is 11.7 Å². The maximum absolute atomic E-state index is 6.89. The lowest BCUT2D eigenvalue weighted by molar-refractivity contribution is 0.241. The molecule has 20 heavy (non-hydrogen) atoms. The van der Waals surface area contributed by atoms with Gasteiger partial charge in [0.2, 0.25) is 0 Å². The fourth-order valence-corrected chi connectivity index (χ4v) is 4.71. The van der Waals surface area contributed by atoms with E-state index in [4.69, 9.17) is 5.73 Å². The molecule has 1 unspecified atom stereocenters. The van der Waals surface area contributed by atoms with Crippen LogP contribution < -0.4 is 5.73 Å². The molecule has 1 aromatic carbocycles. The highest BCUT2D eigenvalue weighted by Crippen LogP contribution is 2.46. The minimum absolute atomic E-state index is 0.274. The molecule has 0 radical (unpaired) electrons. The second kappa shape index (κ2) is 6.30. The van der Waals surface area contributed by atoms with Gasteiger partial charge >= 0.3 is 0 Å². The van der Waals surface area contributed by atoms with Gasteiger partial charge in [0.05, 0.1) is 0 Å². The quantitative estimate of drug-likeness (QED) is 0.785. The molecule has 0 aromatic heterocycles. The smallest absolute Gasteiger partial charge is 0.0165 e. The standard InChI is InChI=1S/C19H29N/c20-18(16-10-4-1-2-5-11-16)19(14-8-9-15-19)17-12-6-3-7-13-17/h3,6-7,12-13,16,18H,1-2,4-5,8-11,14-15,20H2. The molecule has 0 bridgehead atoms. The zero-order valence-electron chi connectivity index (χ0n) is 12.7. The van der Waals surface area contributed by atoms with E-state index in [1.807, 2.05) is 0 Å². The van der Waals surface area contributed by atoms with Gasteiger partial charge in [-0.2, -0.15) is 0 Å². The number of hydrogen-bond acceptors (Lipinski definition) is 1. The maximum Gasteiger partial charge on any atom is 0.0165 e. The van der Waals surface area contributed by atoms with Crippen LogP contribution in [-0.4, -0.2) is 6.04 Å². The third-order valence-corrected chi connectivity index (χ3v) is 5.89. The summed E-state index contributed by atoms with van der Waals surface area (Å²) in [5.74, 6) is 0.746. The Morgan fingerprint density at radius 1 is 0.850 bits per heavy atom. The number of benzene rings is 1. The monoisotopic (exact) mass is 271 g/mol. The lowest BCUT2D eigenvalue weighted by Gasteiger charge is -2.40. The van der Waals surface area contributed by atoms with Crippen LogP contribution in [-0.2, 0) is 5.41 Å². The molecule has 0 saturated heterocycles. The van der Waals surface area contributed by atoms with Crippen LogP contribution >= 0.6 is 0 Å². The van der Waals surface area contributed by atoms with Crippen LogP contribution in [0.15, 0.2) is 30.3 Å². The lowest BCUT2D eigenvalue weighted by Crippen LogP contribution is -2.48. The Balaban J connectivity index is 1.86. The summed E-state index contributed by atoms with van der Waals surface area (Å²) < 4.78 is 0. The maximum atomic E-state index is 6.89. The molecule has 1 heteroatoms. The second-order valence-electron chi connectivity index (χ2n) is 7.01. The molecule has 2 aliphatic carbocycles. The molecule has 0 spiro atoms. The average Bonchev–Trinajstić information content (AvgIpc) is 2.84. The number of rotatable bonds is 3. The zero-order valence-corrected chi connectivity index (χ0v) is 12.7. The topological polar surface area (TPSA) is 26.0 Å². The molecular formula is C19H29N. The van der Waals surface area contributed by atoms with Crippen molar-refractivity contribution in [2.75, 3.05) is 0 Å². The number of nitrogens with two attached hydrogens (primary N) is 1. The van der Waals surface area contributed by atoms with Crippen LogP contribution in [0.2, 0.25) is 0 Å². The zero-order chi connectivity index (χ0) is 13.8. The van der Waals surface area contributed by atoms with Crippen LogP contribution in [0.25, 0.3) is 0 Å². The first-order valence-electron chi connectivity index (χ1n) is 8.64. The molecule has 2 saturated carbocycles. The molecule has 1 nitrogen and oxygen atoms in total. The van der Waals surface area contributed by atoms with Crippen molar-refractivity contribution in [3.05, 3.63) is 35.9 Å². The van der Waals surface area contributed by atoms with Crippen molar-refractivity contribution < 1.29 is 0 Å². The number of hydrogen-bond donors (Lipinski definition) is 1. The largest absolute Gasteiger partial charge is 0.327 e. The second-order valence-corrected chi connectivity index (χ2v) is 7.01. The summed E-state index contributed by atoms with van der Waals surface area (Å²) >= 11 is 0. The van der Waals surface area contributed by atoms with E-state index < -0.39 is 0 Å². The van der Waals surface area contributed by atoms with Crippen LogP contribution in [0.5, 0.6) is 0 Å². The fraction of sp³-hybridized carbons (Fsp3) is 0.684. The van der Waals surface area contributed by atoms with Gasteiger partial charge in [0, 0.05) is 11.5 Å². The van der Waals surface area contributed by atoms with Crippen molar-refractivity contribution in [3.63, 3.8) is 0 Å². The molecular weight excluding hydrogens is 242 g/mol. The van der Waals surface area contributed by atoms with Crippen LogP contribution in [0.1, 0.15) is 69.8 Å². The minimum Gasteiger partial charge on any atom is -0.327 e. The van der Waals surface area contributed by atoms with E-state index in [2.05, 4.69) is 30.3 Å². The Labute approximate surface area is 124 Å². The first-order chi connectivity index (χ1) is 9.83. The van der Waals surface area contributed by atoms with Gasteiger partial charge in [-0.3, -0.25) is 0 Å². The Bertz CT molecular complexity index is 397. The third kappa shape index (κ3) is 2.65. The molecule has 1 aromatic rings. The normalized spacial score (nSPS) is 25.2. The SMILES string of the molecule is NC(C1CCCCCC1)C1(c2ccccc2)CCCC1. The highest BCUT2D eigenvalue weighted by atomic mass is 14.7. The van der Waals surface area contributed by atoms with Crippen molar-refractivity contribution >= 4 is 0 Å². The molecule has 2 fully saturated rings. The first kappa shape index (κ1) is 14.1. The van der Waals surface area contributed by atoms with Gasteiger partial charge in [-0.15, -0.1) is 0 Å². The highest BCUT2D eigenvalue weighted by molar-refractivity contribution is 5.29. The summed E-state index contributed by atoms with van der Waals surface area (Å²) in [6, 6.07) is 11.5. The molecule has 0 heterocycles. The molecule has 2 aliphatic rings. The van der Waals surface area contributed by atoms with Crippen molar-refractivity contribution in [2.45, 2.75) is 75.7 Å². The van der Waals surface area contributed by atoms with Crippen LogP contribution in [0, 0.1) is 5.92 Å². The predicted molar refractivity (Wildman–Crippen MR) is 85.8 cm³/mol. The van der Waals surface area contributed by atoms with E-state index in [0.29, 0.717) is 6.04 Å². The van der Waals surface area contributed by atoms with Crippen LogP contribution in [0.3, 0.4) is 0 Å². The first-order valence-corrected chi connectivity index (χ1v) is 8.64.